The number of nitrogens with one attached hydrogen (secondary N) is 1. The number of aryl methyl sites for hydroxylation is 1. The molecule has 5 heteroatoms. The van der Waals surface area contributed by atoms with Crippen LogP contribution >= 0.6 is 0 Å². The predicted molar refractivity (Wildman–Crippen MR) is 83.7 cm³/mol. The van der Waals surface area contributed by atoms with E-state index in [0.29, 0.717) is 17.9 Å². The van der Waals surface area contributed by atoms with Crippen LogP contribution in [0.25, 0.3) is 0 Å². The minimum absolute atomic E-state index is 0.524. The van der Waals surface area contributed by atoms with Crippen LogP contribution in [0.3, 0.4) is 0 Å². The minimum Gasteiger partial charge on any atom is -0.383 e. The Hall–Kier alpha value is -2.61. The lowest BCUT2D eigenvalue weighted by atomic mass is 10.1. The van der Waals surface area contributed by atoms with Crippen molar-refractivity contribution in [1.29, 1.82) is 5.26 Å². The summed E-state index contributed by atoms with van der Waals surface area (Å²) in [5, 5.41) is 12.1. The van der Waals surface area contributed by atoms with Crippen LogP contribution in [0.2, 0.25) is 0 Å². The number of rotatable bonds is 5. The van der Waals surface area contributed by atoms with Crippen molar-refractivity contribution in [1.82, 2.24) is 9.97 Å². The first-order chi connectivity index (χ1) is 10.1. The Balaban J connectivity index is 2.13. The van der Waals surface area contributed by atoms with Gasteiger partial charge >= 0.3 is 0 Å². The second-order valence-corrected chi connectivity index (χ2v) is 4.91. The maximum Gasteiger partial charge on any atom is 0.135 e. The highest BCUT2D eigenvalue weighted by molar-refractivity contribution is 5.55. The van der Waals surface area contributed by atoms with E-state index < -0.39 is 0 Å². The molecule has 21 heavy (non-hydrogen) atoms. The maximum absolute atomic E-state index is 8.79. The van der Waals surface area contributed by atoms with Crippen LogP contribution < -0.4 is 11.1 Å². The zero-order valence-corrected chi connectivity index (χ0v) is 12.3. The maximum atomic E-state index is 8.79. The van der Waals surface area contributed by atoms with Crippen molar-refractivity contribution >= 4 is 11.6 Å². The summed E-state index contributed by atoms with van der Waals surface area (Å²) in [4.78, 5) is 8.81. The lowest BCUT2D eigenvalue weighted by Crippen LogP contribution is -2.09. The van der Waals surface area contributed by atoms with Crippen LogP contribution in [0.15, 0.2) is 24.3 Å². The van der Waals surface area contributed by atoms with Gasteiger partial charge in [0.2, 0.25) is 0 Å². The first kappa shape index (κ1) is 14.8. The summed E-state index contributed by atoms with van der Waals surface area (Å²) < 4.78 is 0. The van der Waals surface area contributed by atoms with E-state index in [9.17, 15) is 0 Å². The molecule has 0 aliphatic heterocycles. The van der Waals surface area contributed by atoms with E-state index in [1.165, 1.54) is 0 Å². The molecule has 2 rings (SSSR count). The Morgan fingerprint density at radius 3 is 2.57 bits per heavy atom. The molecule has 108 valence electrons. The molecule has 0 atom stereocenters. The second kappa shape index (κ2) is 6.71. The molecular formula is C16H19N5. The van der Waals surface area contributed by atoms with Gasteiger partial charge in [0.05, 0.1) is 11.6 Å². The Labute approximate surface area is 124 Å². The van der Waals surface area contributed by atoms with Gasteiger partial charge < -0.3 is 11.1 Å². The molecule has 0 radical (unpaired) electrons. The second-order valence-electron chi connectivity index (χ2n) is 4.91. The third-order valence-electron chi connectivity index (χ3n) is 3.25. The van der Waals surface area contributed by atoms with E-state index in [2.05, 4.69) is 28.3 Å². The summed E-state index contributed by atoms with van der Waals surface area (Å²) >= 11 is 0. The smallest absolute Gasteiger partial charge is 0.135 e. The van der Waals surface area contributed by atoms with E-state index in [-0.39, 0.29) is 0 Å². The fraction of sp³-hybridized carbons (Fsp3) is 0.312. The van der Waals surface area contributed by atoms with E-state index in [1.54, 1.807) is 12.1 Å². The highest BCUT2D eigenvalue weighted by atomic mass is 15.1. The third kappa shape index (κ3) is 3.69. The first-order valence-electron chi connectivity index (χ1n) is 7.00. The molecular weight excluding hydrogens is 262 g/mol. The standard InChI is InChI=1S/C16H19N5/c1-3-4-14-20-15(18)11(2)16(21-14)19-10-13-7-5-12(9-17)6-8-13/h5-8H,3-4,10H2,1-2H3,(H3,18,19,20,21). The van der Waals surface area contributed by atoms with Crippen molar-refractivity contribution in [3.05, 3.63) is 46.8 Å². The third-order valence-corrected chi connectivity index (χ3v) is 3.25. The van der Waals surface area contributed by atoms with Gasteiger partial charge in [0, 0.05) is 18.5 Å². The highest BCUT2D eigenvalue weighted by Crippen LogP contribution is 2.18. The number of nitrogen functional groups attached to an aromatic ring is 1. The fourth-order valence-electron chi connectivity index (χ4n) is 1.97. The molecule has 0 saturated carbocycles. The van der Waals surface area contributed by atoms with Gasteiger partial charge in [-0.25, -0.2) is 9.97 Å². The molecule has 0 aliphatic rings. The van der Waals surface area contributed by atoms with Crippen LogP contribution in [0, 0.1) is 18.3 Å². The van der Waals surface area contributed by atoms with Crippen molar-refractivity contribution in [2.75, 3.05) is 11.1 Å². The van der Waals surface area contributed by atoms with Gasteiger partial charge in [-0.3, -0.25) is 0 Å². The van der Waals surface area contributed by atoms with Crippen molar-refractivity contribution < 1.29 is 0 Å². The fourth-order valence-corrected chi connectivity index (χ4v) is 1.97. The Bertz CT molecular complexity index is 656. The number of anilines is 2. The van der Waals surface area contributed by atoms with Gasteiger partial charge in [-0.05, 0) is 31.0 Å². The molecule has 0 saturated heterocycles. The summed E-state index contributed by atoms with van der Waals surface area (Å²) in [6, 6.07) is 9.58. The summed E-state index contributed by atoms with van der Waals surface area (Å²) in [7, 11) is 0. The SMILES string of the molecule is CCCc1nc(N)c(C)c(NCc2ccc(C#N)cc2)n1. The molecule has 0 spiro atoms. The zero-order valence-electron chi connectivity index (χ0n) is 12.3. The van der Waals surface area contributed by atoms with Crippen LogP contribution in [0.1, 0.15) is 35.9 Å². The number of hydrogen-bond acceptors (Lipinski definition) is 5. The summed E-state index contributed by atoms with van der Waals surface area (Å²) in [5.74, 6) is 2.06. The Morgan fingerprint density at radius 2 is 1.95 bits per heavy atom. The van der Waals surface area contributed by atoms with Gasteiger partial charge in [-0.2, -0.15) is 5.26 Å². The van der Waals surface area contributed by atoms with Gasteiger partial charge in [-0.1, -0.05) is 19.1 Å². The average molecular weight is 281 g/mol. The van der Waals surface area contributed by atoms with E-state index in [1.807, 2.05) is 19.1 Å². The van der Waals surface area contributed by atoms with Crippen molar-refractivity contribution in [3.63, 3.8) is 0 Å². The van der Waals surface area contributed by atoms with Gasteiger partial charge in [0.1, 0.15) is 17.5 Å². The molecule has 5 nitrogen and oxygen atoms in total. The van der Waals surface area contributed by atoms with Crippen LogP contribution in [-0.4, -0.2) is 9.97 Å². The normalized spacial score (nSPS) is 10.1. The summed E-state index contributed by atoms with van der Waals surface area (Å²) in [5.41, 5.74) is 8.54. The molecule has 1 aromatic heterocycles. The van der Waals surface area contributed by atoms with Gasteiger partial charge in [0.15, 0.2) is 0 Å². The quantitative estimate of drug-likeness (QED) is 0.879. The number of hydrogen-bond donors (Lipinski definition) is 2. The Kier molecular flexibility index (Phi) is 4.72. The monoisotopic (exact) mass is 281 g/mol. The minimum atomic E-state index is 0.524. The van der Waals surface area contributed by atoms with Crippen LogP contribution in [0.4, 0.5) is 11.6 Å². The molecule has 3 N–H and O–H groups in total. The van der Waals surface area contributed by atoms with Crippen LogP contribution in [0.5, 0.6) is 0 Å². The van der Waals surface area contributed by atoms with Crippen molar-refractivity contribution in [2.24, 2.45) is 0 Å². The van der Waals surface area contributed by atoms with Crippen LogP contribution in [-0.2, 0) is 13.0 Å². The van der Waals surface area contributed by atoms with Gasteiger partial charge in [-0.15, -0.1) is 0 Å². The van der Waals surface area contributed by atoms with Crippen molar-refractivity contribution in [3.8, 4) is 6.07 Å². The van der Waals surface area contributed by atoms with E-state index in [0.717, 1.165) is 35.6 Å². The zero-order chi connectivity index (χ0) is 15.2. The molecule has 0 unspecified atom stereocenters. The molecule has 1 heterocycles. The molecule has 1 aromatic carbocycles. The lowest BCUT2D eigenvalue weighted by Gasteiger charge is -2.12. The molecule has 2 aromatic rings. The number of nitrogens with two attached hydrogens (primary N) is 1. The van der Waals surface area contributed by atoms with E-state index in [4.69, 9.17) is 11.0 Å². The number of nitriles is 1. The number of benzene rings is 1. The first-order valence-corrected chi connectivity index (χ1v) is 7.00. The van der Waals surface area contributed by atoms with Crippen molar-refractivity contribution in [2.45, 2.75) is 33.2 Å². The van der Waals surface area contributed by atoms with Gasteiger partial charge in [0.25, 0.3) is 0 Å². The Morgan fingerprint density at radius 1 is 1.24 bits per heavy atom. The predicted octanol–water partition coefficient (Wildman–Crippen LogP) is 2.80. The number of nitrogens with zero attached hydrogens (tertiary/aromatic N) is 3. The summed E-state index contributed by atoms with van der Waals surface area (Å²) in [6.07, 6.45) is 1.80. The summed E-state index contributed by atoms with van der Waals surface area (Å²) in [6.45, 7) is 4.63. The highest BCUT2D eigenvalue weighted by Gasteiger charge is 2.08. The average Bonchev–Trinajstić information content (AvgIpc) is 2.50. The molecule has 0 amide bonds. The number of aromatic nitrogens is 2. The largest absolute Gasteiger partial charge is 0.383 e. The molecule has 0 aliphatic carbocycles. The molecule has 0 fully saturated rings. The molecule has 0 bridgehead atoms. The van der Waals surface area contributed by atoms with E-state index >= 15 is 0 Å². The topological polar surface area (TPSA) is 87.6 Å². The lowest BCUT2D eigenvalue weighted by molar-refractivity contribution is 0.833.